The summed E-state index contributed by atoms with van der Waals surface area (Å²) in [7, 11) is 1.72. The SMILES string of the molecule is Cc1oc(NC(=O)CN(C)CCO)c(C#N)c1C. The van der Waals surface area contributed by atoms with Gasteiger partial charge >= 0.3 is 0 Å². The standard InChI is InChI=1S/C12H17N3O3/c1-8-9(2)18-12(10(8)6-13)14-11(17)7-15(3)4-5-16/h16H,4-5,7H2,1-3H3,(H,14,17). The minimum absolute atomic E-state index is 0.00774. The average Bonchev–Trinajstić information content (AvgIpc) is 2.54. The second-order valence-electron chi connectivity index (χ2n) is 4.11. The fraction of sp³-hybridized carbons (Fsp3) is 0.500. The Morgan fingerprint density at radius 2 is 2.22 bits per heavy atom. The van der Waals surface area contributed by atoms with E-state index in [9.17, 15) is 4.79 Å². The number of likely N-dealkylation sites (N-methyl/N-ethyl adjacent to an activating group) is 1. The van der Waals surface area contributed by atoms with Gasteiger partial charge in [-0.3, -0.25) is 15.0 Å². The van der Waals surface area contributed by atoms with Crippen LogP contribution in [0.3, 0.4) is 0 Å². The molecular weight excluding hydrogens is 234 g/mol. The van der Waals surface area contributed by atoms with Crippen LogP contribution >= 0.6 is 0 Å². The fourth-order valence-electron chi connectivity index (χ4n) is 1.51. The molecule has 0 aliphatic rings. The second kappa shape index (κ2) is 6.19. The Kier molecular flexibility index (Phi) is 4.89. The Bertz CT molecular complexity index is 474. The first-order chi connectivity index (χ1) is 8.49. The highest BCUT2D eigenvalue weighted by atomic mass is 16.4. The monoisotopic (exact) mass is 251 g/mol. The summed E-state index contributed by atoms with van der Waals surface area (Å²) in [6.07, 6.45) is 0. The molecule has 1 heterocycles. The highest BCUT2D eigenvalue weighted by Gasteiger charge is 2.17. The maximum atomic E-state index is 11.7. The number of furan rings is 1. The van der Waals surface area contributed by atoms with Crippen molar-refractivity contribution in [2.75, 3.05) is 32.1 Å². The summed E-state index contributed by atoms with van der Waals surface area (Å²) in [5.74, 6) is 0.525. The van der Waals surface area contributed by atoms with Gasteiger partial charge in [0.25, 0.3) is 0 Å². The van der Waals surface area contributed by atoms with Crippen molar-refractivity contribution in [2.24, 2.45) is 0 Å². The molecule has 1 rings (SSSR count). The summed E-state index contributed by atoms with van der Waals surface area (Å²) in [6.45, 7) is 4.04. The molecule has 2 N–H and O–H groups in total. The van der Waals surface area contributed by atoms with Gasteiger partial charge in [-0.1, -0.05) is 0 Å². The van der Waals surface area contributed by atoms with E-state index in [0.29, 0.717) is 17.9 Å². The molecule has 0 aliphatic heterocycles. The smallest absolute Gasteiger partial charge is 0.240 e. The van der Waals surface area contributed by atoms with Crippen molar-refractivity contribution >= 4 is 11.8 Å². The normalized spacial score (nSPS) is 10.4. The van der Waals surface area contributed by atoms with E-state index in [4.69, 9.17) is 14.8 Å². The summed E-state index contributed by atoms with van der Waals surface area (Å²) in [5, 5.41) is 20.3. The van der Waals surface area contributed by atoms with Gasteiger partial charge in [0, 0.05) is 12.1 Å². The zero-order valence-electron chi connectivity index (χ0n) is 10.8. The Hall–Kier alpha value is -1.84. The molecule has 0 saturated heterocycles. The van der Waals surface area contributed by atoms with Crippen LogP contribution in [0.25, 0.3) is 0 Å². The number of carbonyl (C=O) groups is 1. The molecule has 0 saturated carbocycles. The Morgan fingerprint density at radius 1 is 1.56 bits per heavy atom. The summed E-state index contributed by atoms with van der Waals surface area (Å²) < 4.78 is 5.33. The van der Waals surface area contributed by atoms with Gasteiger partial charge < -0.3 is 9.52 Å². The third-order valence-electron chi connectivity index (χ3n) is 2.65. The van der Waals surface area contributed by atoms with E-state index in [1.807, 2.05) is 6.07 Å². The van der Waals surface area contributed by atoms with Crippen molar-refractivity contribution in [2.45, 2.75) is 13.8 Å². The van der Waals surface area contributed by atoms with Crippen molar-refractivity contribution in [3.05, 3.63) is 16.9 Å². The van der Waals surface area contributed by atoms with E-state index in [-0.39, 0.29) is 24.9 Å². The van der Waals surface area contributed by atoms with Gasteiger partial charge in [-0.25, -0.2) is 0 Å². The molecule has 18 heavy (non-hydrogen) atoms. The molecule has 98 valence electrons. The maximum Gasteiger partial charge on any atom is 0.240 e. The zero-order valence-corrected chi connectivity index (χ0v) is 10.8. The molecule has 0 fully saturated rings. The van der Waals surface area contributed by atoms with Crippen LogP contribution in [0.4, 0.5) is 5.88 Å². The van der Waals surface area contributed by atoms with E-state index >= 15 is 0 Å². The quantitative estimate of drug-likeness (QED) is 0.801. The molecule has 0 radical (unpaired) electrons. The topological polar surface area (TPSA) is 89.5 Å². The Balaban J connectivity index is 2.71. The highest BCUT2D eigenvalue weighted by molar-refractivity contribution is 5.92. The van der Waals surface area contributed by atoms with Crippen LogP contribution in [0.2, 0.25) is 0 Å². The molecule has 0 spiro atoms. The van der Waals surface area contributed by atoms with Crippen molar-refractivity contribution in [1.82, 2.24) is 4.90 Å². The third kappa shape index (κ3) is 3.32. The molecule has 6 nitrogen and oxygen atoms in total. The van der Waals surface area contributed by atoms with E-state index in [2.05, 4.69) is 5.32 Å². The Morgan fingerprint density at radius 3 is 2.78 bits per heavy atom. The third-order valence-corrected chi connectivity index (χ3v) is 2.65. The number of carbonyl (C=O) groups excluding carboxylic acids is 1. The van der Waals surface area contributed by atoms with E-state index in [1.54, 1.807) is 25.8 Å². The van der Waals surface area contributed by atoms with Crippen LogP contribution in [0.15, 0.2) is 4.42 Å². The average molecular weight is 251 g/mol. The Labute approximate surface area is 106 Å². The molecule has 1 aromatic rings. The predicted molar refractivity (Wildman–Crippen MR) is 66.1 cm³/mol. The summed E-state index contributed by atoms with van der Waals surface area (Å²) in [6, 6.07) is 2.01. The van der Waals surface area contributed by atoms with Gasteiger partial charge in [0.15, 0.2) is 0 Å². The molecule has 1 amide bonds. The van der Waals surface area contributed by atoms with Crippen LogP contribution in [-0.2, 0) is 4.79 Å². The number of nitrogens with one attached hydrogen (secondary N) is 1. The van der Waals surface area contributed by atoms with Gasteiger partial charge in [-0.2, -0.15) is 5.26 Å². The molecule has 0 unspecified atom stereocenters. The van der Waals surface area contributed by atoms with E-state index < -0.39 is 0 Å². The lowest BCUT2D eigenvalue weighted by molar-refractivity contribution is -0.117. The zero-order chi connectivity index (χ0) is 13.7. The lowest BCUT2D eigenvalue weighted by Crippen LogP contribution is -2.32. The van der Waals surface area contributed by atoms with Crippen LogP contribution in [0, 0.1) is 25.2 Å². The fourth-order valence-corrected chi connectivity index (χ4v) is 1.51. The molecule has 0 aromatic carbocycles. The second-order valence-corrected chi connectivity index (χ2v) is 4.11. The number of nitriles is 1. The number of anilines is 1. The first kappa shape index (κ1) is 14.2. The molecule has 6 heteroatoms. The van der Waals surface area contributed by atoms with Crippen molar-refractivity contribution < 1.29 is 14.3 Å². The van der Waals surface area contributed by atoms with Crippen LogP contribution in [0.5, 0.6) is 0 Å². The van der Waals surface area contributed by atoms with Crippen molar-refractivity contribution in [3.63, 3.8) is 0 Å². The minimum atomic E-state index is -0.281. The molecular formula is C12H17N3O3. The summed E-state index contributed by atoms with van der Waals surface area (Å²) >= 11 is 0. The molecule has 0 aliphatic carbocycles. The minimum Gasteiger partial charge on any atom is -0.444 e. The molecule has 0 atom stereocenters. The first-order valence-corrected chi connectivity index (χ1v) is 5.59. The number of aliphatic hydroxyl groups is 1. The number of hydrogen-bond acceptors (Lipinski definition) is 5. The number of aliphatic hydroxyl groups excluding tert-OH is 1. The van der Waals surface area contributed by atoms with E-state index in [1.165, 1.54) is 0 Å². The van der Waals surface area contributed by atoms with Crippen LogP contribution < -0.4 is 5.32 Å². The van der Waals surface area contributed by atoms with Gasteiger partial charge in [-0.05, 0) is 20.9 Å². The number of rotatable bonds is 5. The summed E-state index contributed by atoms with van der Waals surface area (Å²) in [4.78, 5) is 13.4. The van der Waals surface area contributed by atoms with Crippen LogP contribution in [-0.4, -0.2) is 42.7 Å². The first-order valence-electron chi connectivity index (χ1n) is 5.59. The highest BCUT2D eigenvalue weighted by Crippen LogP contribution is 2.25. The number of aryl methyl sites for hydroxylation is 1. The lowest BCUT2D eigenvalue weighted by atomic mass is 10.2. The number of hydrogen-bond donors (Lipinski definition) is 2. The lowest BCUT2D eigenvalue weighted by Gasteiger charge is -2.13. The molecule has 1 aromatic heterocycles. The maximum absolute atomic E-state index is 11.7. The van der Waals surface area contributed by atoms with Crippen molar-refractivity contribution in [3.8, 4) is 6.07 Å². The van der Waals surface area contributed by atoms with Gasteiger partial charge in [0.2, 0.25) is 11.8 Å². The summed E-state index contributed by atoms with van der Waals surface area (Å²) in [5.41, 5.74) is 1.09. The predicted octanol–water partition coefficient (Wildman–Crippen LogP) is 0.631. The van der Waals surface area contributed by atoms with Crippen LogP contribution in [0.1, 0.15) is 16.9 Å². The number of amides is 1. The van der Waals surface area contributed by atoms with Gasteiger partial charge in [-0.15, -0.1) is 0 Å². The molecule has 0 bridgehead atoms. The van der Waals surface area contributed by atoms with Gasteiger partial charge in [0.05, 0.1) is 13.2 Å². The number of nitrogens with zero attached hydrogens (tertiary/aromatic N) is 2. The van der Waals surface area contributed by atoms with Crippen molar-refractivity contribution in [1.29, 1.82) is 5.26 Å². The van der Waals surface area contributed by atoms with Gasteiger partial charge in [0.1, 0.15) is 17.4 Å². The van der Waals surface area contributed by atoms with E-state index in [0.717, 1.165) is 5.56 Å². The largest absolute Gasteiger partial charge is 0.444 e.